The molecule has 1 aromatic heterocycles. The number of halogens is 1. The third kappa shape index (κ3) is 2.44. The summed E-state index contributed by atoms with van der Waals surface area (Å²) in [5.41, 5.74) is 4.60. The van der Waals surface area contributed by atoms with Crippen molar-refractivity contribution in [3.8, 4) is 5.69 Å². The van der Waals surface area contributed by atoms with Gasteiger partial charge < -0.3 is 0 Å². The first-order valence-electron chi connectivity index (χ1n) is 7.17. The third-order valence-electron chi connectivity index (χ3n) is 4.11. The first-order valence-corrected chi connectivity index (χ1v) is 9.81. The van der Waals surface area contributed by atoms with Crippen LogP contribution in [0.1, 0.15) is 5.56 Å². The molecule has 0 saturated carbocycles. The molecule has 118 valence electrons. The molecule has 1 aliphatic rings. The third-order valence-corrected chi connectivity index (χ3v) is 5.78. The van der Waals surface area contributed by atoms with Crippen LogP contribution >= 0.6 is 15.9 Å². The van der Waals surface area contributed by atoms with Crippen LogP contribution < -0.4 is 4.31 Å². The lowest BCUT2D eigenvalue weighted by molar-refractivity contribution is 0.598. The van der Waals surface area contributed by atoms with Gasteiger partial charge in [-0.2, -0.15) is 0 Å². The van der Waals surface area contributed by atoms with Crippen LogP contribution in [0.15, 0.2) is 47.2 Å². The summed E-state index contributed by atoms with van der Waals surface area (Å²) in [4.78, 5) is 4.41. The lowest BCUT2D eigenvalue weighted by Crippen LogP contribution is -2.27. The normalized spacial score (nSPS) is 14.4. The first kappa shape index (κ1) is 14.7. The summed E-state index contributed by atoms with van der Waals surface area (Å²) in [6, 6.07) is 11.8. The second-order valence-corrected chi connectivity index (χ2v) is 8.47. The molecule has 0 bridgehead atoms. The monoisotopic (exact) mass is 391 g/mol. The largest absolute Gasteiger partial charge is 0.299 e. The fourth-order valence-corrected chi connectivity index (χ4v) is 4.32. The minimum absolute atomic E-state index is 0.508. The molecule has 2 aromatic carbocycles. The summed E-state index contributed by atoms with van der Waals surface area (Å²) in [7, 11) is -3.25. The maximum atomic E-state index is 12.0. The Morgan fingerprint density at radius 1 is 1.17 bits per heavy atom. The highest BCUT2D eigenvalue weighted by molar-refractivity contribution is 9.10. The number of nitrogens with zero attached hydrogens (tertiary/aromatic N) is 3. The number of rotatable bonds is 2. The Labute approximate surface area is 142 Å². The number of sulfonamides is 1. The highest BCUT2D eigenvalue weighted by Gasteiger charge is 2.26. The molecule has 2 heterocycles. The van der Waals surface area contributed by atoms with Crippen molar-refractivity contribution in [2.45, 2.75) is 6.42 Å². The molecule has 0 saturated heterocycles. The molecular formula is C16H14BrN3O2S. The van der Waals surface area contributed by atoms with Crippen molar-refractivity contribution < 1.29 is 8.42 Å². The molecule has 0 N–H and O–H groups in total. The summed E-state index contributed by atoms with van der Waals surface area (Å²) in [6.45, 7) is 0.508. The van der Waals surface area contributed by atoms with Gasteiger partial charge in [-0.15, -0.1) is 0 Å². The molecule has 7 heteroatoms. The molecule has 0 unspecified atom stereocenters. The quantitative estimate of drug-likeness (QED) is 0.674. The summed E-state index contributed by atoms with van der Waals surface area (Å²) < 4.78 is 28.3. The van der Waals surface area contributed by atoms with Crippen LogP contribution in [0.5, 0.6) is 0 Å². The van der Waals surface area contributed by atoms with Gasteiger partial charge in [-0.1, -0.05) is 22.0 Å². The number of benzene rings is 2. The van der Waals surface area contributed by atoms with E-state index >= 15 is 0 Å². The van der Waals surface area contributed by atoms with Crippen LogP contribution in [0.3, 0.4) is 0 Å². The van der Waals surface area contributed by atoms with Crippen molar-refractivity contribution >= 4 is 42.7 Å². The van der Waals surface area contributed by atoms with Gasteiger partial charge in [0.05, 0.1) is 23.0 Å². The predicted molar refractivity (Wildman–Crippen MR) is 94.7 cm³/mol. The number of anilines is 1. The van der Waals surface area contributed by atoms with Gasteiger partial charge in [-0.25, -0.2) is 13.4 Å². The molecule has 23 heavy (non-hydrogen) atoms. The van der Waals surface area contributed by atoms with Gasteiger partial charge in [0.1, 0.15) is 6.33 Å². The standard InChI is InChI=1S/C16H14BrN3O2S/c1-23(21,22)20-7-6-11-2-4-13(9-15(11)20)19-10-18-14-5-3-12(17)8-16(14)19/h2-5,8-10H,6-7H2,1H3. The van der Waals surface area contributed by atoms with Gasteiger partial charge in [0.2, 0.25) is 10.0 Å². The minimum Gasteiger partial charge on any atom is -0.299 e. The molecule has 0 amide bonds. The van der Waals surface area contributed by atoms with Crippen LogP contribution in [0.25, 0.3) is 16.7 Å². The van der Waals surface area contributed by atoms with Crippen LogP contribution in [0.2, 0.25) is 0 Å². The molecule has 1 aliphatic heterocycles. The second kappa shape index (κ2) is 5.07. The highest BCUT2D eigenvalue weighted by atomic mass is 79.9. The number of aromatic nitrogens is 2. The van der Waals surface area contributed by atoms with Crippen molar-refractivity contribution in [2.75, 3.05) is 17.1 Å². The van der Waals surface area contributed by atoms with Crippen molar-refractivity contribution in [1.82, 2.24) is 9.55 Å². The number of fused-ring (bicyclic) bond motifs is 2. The smallest absolute Gasteiger partial charge is 0.232 e. The summed E-state index contributed by atoms with van der Waals surface area (Å²) in [6.07, 6.45) is 3.76. The van der Waals surface area contributed by atoms with E-state index in [1.165, 1.54) is 10.6 Å². The fraction of sp³-hybridized carbons (Fsp3) is 0.188. The van der Waals surface area contributed by atoms with Crippen molar-refractivity contribution in [3.05, 3.63) is 52.8 Å². The Morgan fingerprint density at radius 2 is 2.00 bits per heavy atom. The zero-order chi connectivity index (χ0) is 16.2. The van der Waals surface area contributed by atoms with Gasteiger partial charge in [0, 0.05) is 16.7 Å². The molecule has 0 radical (unpaired) electrons. The highest BCUT2D eigenvalue weighted by Crippen LogP contribution is 2.33. The minimum atomic E-state index is -3.25. The molecule has 0 aliphatic carbocycles. The SMILES string of the molecule is CS(=O)(=O)N1CCc2ccc(-n3cnc4ccc(Br)cc43)cc21. The summed E-state index contributed by atoms with van der Waals surface area (Å²) >= 11 is 3.48. The summed E-state index contributed by atoms with van der Waals surface area (Å²) in [5, 5.41) is 0. The van der Waals surface area contributed by atoms with Crippen molar-refractivity contribution in [2.24, 2.45) is 0 Å². The van der Waals surface area contributed by atoms with Gasteiger partial charge in [0.25, 0.3) is 0 Å². The Bertz CT molecular complexity index is 1030. The number of hydrogen-bond donors (Lipinski definition) is 0. The predicted octanol–water partition coefficient (Wildman–Crippen LogP) is 3.11. The van der Waals surface area contributed by atoms with E-state index in [0.29, 0.717) is 6.54 Å². The number of imidazole rings is 1. The van der Waals surface area contributed by atoms with Crippen LogP contribution in [-0.2, 0) is 16.4 Å². The molecule has 4 rings (SSSR count). The molecule has 0 atom stereocenters. The van der Waals surface area contributed by atoms with E-state index in [0.717, 1.165) is 38.9 Å². The van der Waals surface area contributed by atoms with Gasteiger partial charge >= 0.3 is 0 Å². The maximum absolute atomic E-state index is 12.0. The van der Waals surface area contributed by atoms with E-state index < -0.39 is 10.0 Å². The summed E-state index contributed by atoms with van der Waals surface area (Å²) in [5.74, 6) is 0. The van der Waals surface area contributed by atoms with Gasteiger partial charge in [-0.05, 0) is 42.3 Å². The molecule has 5 nitrogen and oxygen atoms in total. The van der Waals surface area contributed by atoms with E-state index in [-0.39, 0.29) is 0 Å². The Kier molecular flexibility index (Phi) is 3.24. The average Bonchev–Trinajstić information content (AvgIpc) is 3.08. The average molecular weight is 392 g/mol. The lowest BCUT2D eigenvalue weighted by Gasteiger charge is -2.17. The number of hydrogen-bond acceptors (Lipinski definition) is 3. The molecule has 0 spiro atoms. The first-order chi connectivity index (χ1) is 10.9. The fourth-order valence-electron chi connectivity index (χ4n) is 3.02. The van der Waals surface area contributed by atoms with Crippen molar-refractivity contribution in [3.63, 3.8) is 0 Å². The Balaban J connectivity index is 1.89. The maximum Gasteiger partial charge on any atom is 0.232 e. The van der Waals surface area contributed by atoms with Crippen molar-refractivity contribution in [1.29, 1.82) is 0 Å². The second-order valence-electron chi connectivity index (χ2n) is 5.65. The lowest BCUT2D eigenvalue weighted by atomic mass is 10.1. The Hall–Kier alpha value is -1.86. The van der Waals surface area contributed by atoms with E-state index in [1.807, 2.05) is 41.0 Å². The van der Waals surface area contributed by atoms with E-state index in [9.17, 15) is 8.42 Å². The van der Waals surface area contributed by atoms with Gasteiger partial charge in [-0.3, -0.25) is 8.87 Å². The molecule has 0 fully saturated rings. The van der Waals surface area contributed by atoms with Crippen LogP contribution in [0, 0.1) is 0 Å². The zero-order valence-corrected chi connectivity index (χ0v) is 14.8. The van der Waals surface area contributed by atoms with E-state index in [4.69, 9.17) is 0 Å². The molecule has 3 aromatic rings. The van der Waals surface area contributed by atoms with Gasteiger partial charge in [0.15, 0.2) is 0 Å². The zero-order valence-electron chi connectivity index (χ0n) is 12.4. The van der Waals surface area contributed by atoms with E-state index in [2.05, 4.69) is 20.9 Å². The van der Waals surface area contributed by atoms with Crippen LogP contribution in [0.4, 0.5) is 5.69 Å². The van der Waals surface area contributed by atoms with E-state index in [1.54, 1.807) is 6.33 Å². The Morgan fingerprint density at radius 3 is 2.78 bits per heavy atom. The topological polar surface area (TPSA) is 55.2 Å². The molecular weight excluding hydrogens is 378 g/mol. The van der Waals surface area contributed by atoms with Crippen LogP contribution in [-0.4, -0.2) is 30.8 Å².